The molecule has 0 radical (unpaired) electrons. The highest BCUT2D eigenvalue weighted by molar-refractivity contribution is 5.87. The lowest BCUT2D eigenvalue weighted by Crippen LogP contribution is -2.17. The van der Waals surface area contributed by atoms with Gasteiger partial charge in [-0.3, -0.25) is 9.59 Å². The Balaban J connectivity index is 1.67. The molecule has 2 aromatic rings. The number of hydrogen-bond acceptors (Lipinski definition) is 6. The van der Waals surface area contributed by atoms with Gasteiger partial charge in [0, 0.05) is 25.7 Å². The zero-order chi connectivity index (χ0) is 18.5. The van der Waals surface area contributed by atoms with Crippen molar-refractivity contribution < 1.29 is 9.59 Å². The van der Waals surface area contributed by atoms with Crippen LogP contribution in [0.1, 0.15) is 62.8 Å². The Morgan fingerprint density at radius 3 is 1.62 bits per heavy atom. The van der Waals surface area contributed by atoms with Crippen LogP contribution in [0.25, 0.3) is 0 Å². The molecular formula is C18H22N6O2. The summed E-state index contributed by atoms with van der Waals surface area (Å²) >= 11 is 0. The van der Waals surface area contributed by atoms with Crippen molar-refractivity contribution in [1.29, 1.82) is 0 Å². The maximum Gasteiger partial charge on any atom is 0.222 e. The van der Waals surface area contributed by atoms with Crippen LogP contribution in [0.3, 0.4) is 0 Å². The monoisotopic (exact) mass is 354 g/mol. The van der Waals surface area contributed by atoms with Crippen LogP contribution in [0.15, 0.2) is 24.3 Å². The lowest BCUT2D eigenvalue weighted by molar-refractivity contribution is -0.115. The maximum absolute atomic E-state index is 11.1. The van der Waals surface area contributed by atoms with Gasteiger partial charge in [-0.2, -0.15) is 10.2 Å². The average molecular weight is 354 g/mol. The number of nitrogens with zero attached hydrogens (tertiary/aromatic N) is 4. The number of rotatable bonds is 4. The van der Waals surface area contributed by atoms with E-state index in [2.05, 4.69) is 31.0 Å². The fourth-order valence-corrected chi connectivity index (χ4v) is 3.34. The van der Waals surface area contributed by atoms with Crippen molar-refractivity contribution in [3.05, 3.63) is 35.7 Å². The Morgan fingerprint density at radius 1 is 0.808 bits per heavy atom. The largest absolute Gasteiger partial charge is 0.309 e. The summed E-state index contributed by atoms with van der Waals surface area (Å²) < 4.78 is 0. The highest BCUT2D eigenvalue weighted by Crippen LogP contribution is 2.39. The molecule has 1 aliphatic rings. The van der Waals surface area contributed by atoms with Crippen LogP contribution in [0.5, 0.6) is 0 Å². The zero-order valence-corrected chi connectivity index (χ0v) is 14.9. The Kier molecular flexibility index (Phi) is 5.50. The Morgan fingerprint density at radius 2 is 1.27 bits per heavy atom. The molecule has 0 bridgehead atoms. The third-order valence-corrected chi connectivity index (χ3v) is 4.49. The maximum atomic E-state index is 11.1. The minimum absolute atomic E-state index is 0.161. The standard InChI is InChI=1S/C18H22N6O2/c1-11(25)19-17-8-6-15(21-23-17)13-4-3-5-14(10-13)16-7-9-18(24-22-16)20-12(2)26/h6-9,13-14H,3-5,10H2,1-2H3,(H,19,23,25)(H,20,24,26). The van der Waals surface area contributed by atoms with E-state index in [9.17, 15) is 9.59 Å². The zero-order valence-electron chi connectivity index (χ0n) is 14.9. The van der Waals surface area contributed by atoms with Gasteiger partial charge in [0.15, 0.2) is 11.6 Å². The first kappa shape index (κ1) is 17.9. The molecule has 3 rings (SSSR count). The Bertz CT molecular complexity index is 710. The van der Waals surface area contributed by atoms with Gasteiger partial charge in [0.25, 0.3) is 0 Å². The van der Waals surface area contributed by atoms with Gasteiger partial charge in [-0.1, -0.05) is 6.42 Å². The summed E-state index contributed by atoms with van der Waals surface area (Å²) in [5.74, 6) is 1.23. The van der Waals surface area contributed by atoms with E-state index in [4.69, 9.17) is 0 Å². The predicted molar refractivity (Wildman–Crippen MR) is 96.6 cm³/mol. The minimum atomic E-state index is -0.161. The number of hydrogen-bond donors (Lipinski definition) is 2. The number of nitrogens with one attached hydrogen (secondary N) is 2. The number of carbonyl (C=O) groups excluding carboxylic acids is 2. The van der Waals surface area contributed by atoms with Crippen LogP contribution in [0.4, 0.5) is 11.6 Å². The van der Waals surface area contributed by atoms with Gasteiger partial charge in [-0.05, 0) is 43.5 Å². The van der Waals surface area contributed by atoms with Crippen molar-refractivity contribution in [2.75, 3.05) is 10.6 Å². The molecule has 0 aliphatic heterocycles. The van der Waals surface area contributed by atoms with E-state index >= 15 is 0 Å². The van der Waals surface area contributed by atoms with E-state index < -0.39 is 0 Å². The van der Waals surface area contributed by atoms with Crippen molar-refractivity contribution in [2.24, 2.45) is 0 Å². The van der Waals surface area contributed by atoms with E-state index in [1.165, 1.54) is 13.8 Å². The van der Waals surface area contributed by atoms with Gasteiger partial charge < -0.3 is 10.6 Å². The Hall–Kier alpha value is -2.90. The normalized spacial score (nSPS) is 19.6. The topological polar surface area (TPSA) is 110 Å². The van der Waals surface area contributed by atoms with Crippen LogP contribution in [0.2, 0.25) is 0 Å². The molecule has 1 fully saturated rings. The van der Waals surface area contributed by atoms with E-state index in [1.54, 1.807) is 12.1 Å². The van der Waals surface area contributed by atoms with Crippen molar-refractivity contribution in [3.63, 3.8) is 0 Å². The molecule has 1 saturated carbocycles. The first-order valence-electron chi connectivity index (χ1n) is 8.73. The van der Waals surface area contributed by atoms with Gasteiger partial charge in [0.2, 0.25) is 11.8 Å². The molecule has 0 spiro atoms. The van der Waals surface area contributed by atoms with Crippen LogP contribution in [0, 0.1) is 0 Å². The van der Waals surface area contributed by atoms with E-state index in [1.807, 2.05) is 12.1 Å². The van der Waals surface area contributed by atoms with Gasteiger partial charge in [-0.25, -0.2) is 0 Å². The lowest BCUT2D eigenvalue weighted by Gasteiger charge is -2.28. The summed E-state index contributed by atoms with van der Waals surface area (Å²) in [6.07, 6.45) is 4.13. The second-order valence-electron chi connectivity index (χ2n) is 6.61. The second kappa shape index (κ2) is 7.99. The highest BCUT2D eigenvalue weighted by atomic mass is 16.2. The molecule has 2 N–H and O–H groups in total. The quantitative estimate of drug-likeness (QED) is 0.873. The summed E-state index contributed by atoms with van der Waals surface area (Å²) in [6.45, 7) is 2.89. The molecule has 1 aliphatic carbocycles. The second-order valence-corrected chi connectivity index (χ2v) is 6.61. The number of aromatic nitrogens is 4. The fourth-order valence-electron chi connectivity index (χ4n) is 3.34. The van der Waals surface area contributed by atoms with Crippen LogP contribution in [-0.4, -0.2) is 32.2 Å². The van der Waals surface area contributed by atoms with Crippen molar-refractivity contribution >= 4 is 23.5 Å². The summed E-state index contributed by atoms with van der Waals surface area (Å²) in [5, 5.41) is 22.0. The Labute approximate surface area is 151 Å². The smallest absolute Gasteiger partial charge is 0.222 e. The van der Waals surface area contributed by atoms with Gasteiger partial charge >= 0.3 is 0 Å². The molecule has 2 atom stereocenters. The van der Waals surface area contributed by atoms with Crippen molar-refractivity contribution in [3.8, 4) is 0 Å². The summed E-state index contributed by atoms with van der Waals surface area (Å²) in [5.41, 5.74) is 1.87. The molecular weight excluding hydrogens is 332 g/mol. The minimum Gasteiger partial charge on any atom is -0.309 e. The fraction of sp³-hybridized carbons (Fsp3) is 0.444. The molecule has 8 nitrogen and oxygen atoms in total. The lowest BCUT2D eigenvalue weighted by atomic mass is 9.78. The average Bonchev–Trinajstić information content (AvgIpc) is 2.62. The molecule has 26 heavy (non-hydrogen) atoms. The summed E-state index contributed by atoms with van der Waals surface area (Å²) in [6, 6.07) is 7.43. The van der Waals surface area contributed by atoms with Gasteiger partial charge in [-0.15, -0.1) is 10.2 Å². The highest BCUT2D eigenvalue weighted by Gasteiger charge is 2.26. The molecule has 136 valence electrons. The van der Waals surface area contributed by atoms with Crippen LogP contribution < -0.4 is 10.6 Å². The first-order chi connectivity index (χ1) is 12.5. The van der Waals surface area contributed by atoms with Gasteiger partial charge in [0.05, 0.1) is 11.4 Å². The SMILES string of the molecule is CC(=O)Nc1ccc(C2CCCC(c3ccc(NC(C)=O)nn3)C2)nn1. The molecule has 0 aromatic carbocycles. The summed E-state index contributed by atoms with van der Waals surface area (Å²) in [4.78, 5) is 22.1. The van der Waals surface area contributed by atoms with Crippen LogP contribution in [-0.2, 0) is 9.59 Å². The van der Waals surface area contributed by atoms with Crippen molar-refractivity contribution in [2.45, 2.75) is 51.4 Å². The molecule has 2 amide bonds. The van der Waals surface area contributed by atoms with E-state index in [0.717, 1.165) is 37.1 Å². The number of carbonyl (C=O) groups is 2. The molecule has 0 saturated heterocycles. The summed E-state index contributed by atoms with van der Waals surface area (Å²) in [7, 11) is 0. The van der Waals surface area contributed by atoms with Gasteiger partial charge in [0.1, 0.15) is 0 Å². The molecule has 2 unspecified atom stereocenters. The third-order valence-electron chi connectivity index (χ3n) is 4.49. The predicted octanol–water partition coefficient (Wildman–Crippen LogP) is 2.62. The number of amides is 2. The molecule has 8 heteroatoms. The van der Waals surface area contributed by atoms with Crippen LogP contribution >= 0.6 is 0 Å². The number of anilines is 2. The van der Waals surface area contributed by atoms with Crippen molar-refractivity contribution in [1.82, 2.24) is 20.4 Å². The molecule has 2 aromatic heterocycles. The molecule has 2 heterocycles. The van der Waals surface area contributed by atoms with E-state index in [-0.39, 0.29) is 11.8 Å². The third kappa shape index (κ3) is 4.59. The van der Waals surface area contributed by atoms with E-state index in [0.29, 0.717) is 23.5 Å². The first-order valence-corrected chi connectivity index (χ1v) is 8.73.